The average Bonchev–Trinajstić information content (AvgIpc) is 3.67. The summed E-state index contributed by atoms with van der Waals surface area (Å²) in [5.41, 5.74) is 11.8. The van der Waals surface area contributed by atoms with Crippen molar-refractivity contribution >= 4 is 5.97 Å². The molecule has 1 atom stereocenters. The zero-order valence-corrected chi connectivity index (χ0v) is 25.2. The minimum Gasteiger partial charge on any atom is -0.468 e. The van der Waals surface area contributed by atoms with Crippen LogP contribution >= 0.6 is 0 Å². The van der Waals surface area contributed by atoms with Crippen LogP contribution in [-0.4, -0.2) is 121 Å². The summed E-state index contributed by atoms with van der Waals surface area (Å²) in [5.74, 6) is -0.375. The molecule has 0 saturated carbocycles. The van der Waals surface area contributed by atoms with E-state index < -0.39 is 6.04 Å². The molecule has 0 spiro atoms. The van der Waals surface area contributed by atoms with Crippen molar-refractivity contribution in [1.29, 1.82) is 0 Å². The molecular formula is C27H60N8O3. The van der Waals surface area contributed by atoms with E-state index in [4.69, 9.17) is 16.2 Å². The molecule has 3 saturated heterocycles. The van der Waals surface area contributed by atoms with Gasteiger partial charge in [-0.2, -0.15) is 0 Å². The van der Waals surface area contributed by atoms with Gasteiger partial charge in [0.05, 0.1) is 20.3 Å². The van der Waals surface area contributed by atoms with Gasteiger partial charge in [0.25, 0.3) is 0 Å². The average molecular weight is 545 g/mol. The molecule has 0 bridgehead atoms. The van der Waals surface area contributed by atoms with Crippen LogP contribution in [0.3, 0.4) is 0 Å². The monoisotopic (exact) mass is 544 g/mol. The number of likely N-dealkylation sites (N-methyl/N-ethyl adjacent to an activating group) is 1. The van der Waals surface area contributed by atoms with Gasteiger partial charge in [-0.05, 0) is 78.6 Å². The molecule has 226 valence electrons. The number of morpholine rings is 1. The Morgan fingerprint density at radius 2 is 1.61 bits per heavy atom. The van der Waals surface area contributed by atoms with Crippen molar-refractivity contribution in [1.82, 2.24) is 30.7 Å². The van der Waals surface area contributed by atoms with Gasteiger partial charge in [-0.25, -0.2) is 0 Å². The van der Waals surface area contributed by atoms with Crippen LogP contribution in [0.25, 0.3) is 0 Å². The second-order valence-corrected chi connectivity index (χ2v) is 9.04. The summed E-state index contributed by atoms with van der Waals surface area (Å²) >= 11 is 0. The lowest BCUT2D eigenvalue weighted by atomic mass is 10.3. The van der Waals surface area contributed by atoms with Crippen molar-refractivity contribution in [3.63, 3.8) is 0 Å². The van der Waals surface area contributed by atoms with Gasteiger partial charge < -0.3 is 51.7 Å². The number of hydrogen-bond donors (Lipinski definition) is 6. The van der Waals surface area contributed by atoms with Crippen LogP contribution in [0.5, 0.6) is 0 Å². The summed E-state index contributed by atoms with van der Waals surface area (Å²) in [4.78, 5) is 12.5. The summed E-state index contributed by atoms with van der Waals surface area (Å²) in [5, 5.41) is 12.6. The summed E-state index contributed by atoms with van der Waals surface area (Å²) in [7, 11) is 7.43. The van der Waals surface area contributed by atoms with Crippen molar-refractivity contribution in [3.05, 3.63) is 24.0 Å². The van der Waals surface area contributed by atoms with E-state index in [1.807, 2.05) is 26.4 Å². The van der Waals surface area contributed by atoms with Crippen LogP contribution in [0.4, 0.5) is 0 Å². The van der Waals surface area contributed by atoms with E-state index >= 15 is 0 Å². The van der Waals surface area contributed by atoms with Gasteiger partial charge in [-0.3, -0.25) is 4.79 Å². The number of esters is 1. The molecule has 0 radical (unpaired) electrons. The van der Waals surface area contributed by atoms with Gasteiger partial charge in [0, 0.05) is 58.2 Å². The second kappa shape index (κ2) is 30.0. The van der Waals surface area contributed by atoms with Crippen LogP contribution in [0.1, 0.15) is 32.4 Å². The maximum absolute atomic E-state index is 10.2. The first kappa shape index (κ1) is 38.6. The molecule has 8 N–H and O–H groups in total. The molecule has 1 aromatic heterocycles. The Kier molecular flexibility index (Phi) is 30.4. The lowest BCUT2D eigenvalue weighted by Crippen LogP contribution is -2.40. The molecule has 1 aromatic rings. The molecule has 11 heteroatoms. The molecule has 0 aromatic carbocycles. The SMILES string of the molecule is C1CCNC1.C1COCCN1.CCNC.CN1CCNCC1.COC(=O)[C@H](C)N.Cn1cccc1CCN. The van der Waals surface area contributed by atoms with Gasteiger partial charge in [-0.15, -0.1) is 0 Å². The van der Waals surface area contributed by atoms with Crippen molar-refractivity contribution < 1.29 is 14.3 Å². The standard InChI is InChI=1S/C7H12N2.C5H12N2.C4H9NO2.C4H9NO.C4H9N.C3H9N/c1-9-6-2-3-7(9)4-5-8;1-7-4-2-6-3-5-7;1-3(5)4(6)7-2;1-3-6-4-2-5-1;1-2-4-5-3-1;1-3-4-2/h2-3,6H,4-5,8H2,1H3;6H,2-5H2,1H3;3H,5H2,1-2H3;5H,1-4H2;5H,1-4H2;4H,3H2,1-2H3/t;;3-;;;/m..0.../s1. The van der Waals surface area contributed by atoms with E-state index in [-0.39, 0.29) is 5.97 Å². The summed E-state index contributed by atoms with van der Waals surface area (Å²) in [6.45, 7) is 16.5. The second-order valence-electron chi connectivity index (χ2n) is 9.04. The summed E-state index contributed by atoms with van der Waals surface area (Å²) < 4.78 is 11.3. The first-order valence-electron chi connectivity index (χ1n) is 14.0. The third-order valence-electron chi connectivity index (χ3n) is 5.52. The van der Waals surface area contributed by atoms with Crippen molar-refractivity contribution in [2.75, 3.05) is 99.9 Å². The van der Waals surface area contributed by atoms with Crippen LogP contribution < -0.4 is 32.7 Å². The third-order valence-corrected chi connectivity index (χ3v) is 5.52. The number of piperazine rings is 1. The number of ether oxygens (including phenoxy) is 2. The summed E-state index contributed by atoms with van der Waals surface area (Å²) in [6.07, 6.45) is 5.79. The number of nitrogens with one attached hydrogen (secondary N) is 4. The Morgan fingerprint density at radius 3 is 1.82 bits per heavy atom. The highest BCUT2D eigenvalue weighted by Gasteiger charge is 2.03. The number of carbonyl (C=O) groups excluding carboxylic acids is 1. The minimum atomic E-state index is -0.495. The van der Waals surface area contributed by atoms with E-state index in [0.29, 0.717) is 0 Å². The maximum atomic E-state index is 10.2. The zero-order chi connectivity index (χ0) is 28.9. The number of nitrogens with two attached hydrogens (primary N) is 2. The molecule has 11 nitrogen and oxygen atoms in total. The van der Waals surface area contributed by atoms with E-state index in [2.05, 4.69) is 55.5 Å². The van der Waals surface area contributed by atoms with Crippen LogP contribution in [0.15, 0.2) is 18.3 Å². The molecule has 38 heavy (non-hydrogen) atoms. The molecule has 3 aliphatic heterocycles. The predicted octanol–water partition coefficient (Wildman–Crippen LogP) is -0.244. The highest BCUT2D eigenvalue weighted by Crippen LogP contribution is 1.98. The molecule has 4 rings (SSSR count). The van der Waals surface area contributed by atoms with Gasteiger partial charge in [0.1, 0.15) is 6.04 Å². The van der Waals surface area contributed by atoms with Gasteiger partial charge >= 0.3 is 5.97 Å². The lowest BCUT2D eigenvalue weighted by Gasteiger charge is -2.21. The normalized spacial score (nSPS) is 17.2. The van der Waals surface area contributed by atoms with Crippen molar-refractivity contribution in [3.8, 4) is 0 Å². The zero-order valence-electron chi connectivity index (χ0n) is 25.2. The van der Waals surface area contributed by atoms with E-state index in [1.165, 1.54) is 51.8 Å². The highest BCUT2D eigenvalue weighted by molar-refractivity contribution is 5.74. The third kappa shape index (κ3) is 27.5. The Bertz CT molecular complexity index is 582. The Hall–Kier alpha value is -1.57. The van der Waals surface area contributed by atoms with E-state index in [1.54, 1.807) is 6.92 Å². The van der Waals surface area contributed by atoms with Crippen molar-refractivity contribution in [2.45, 2.75) is 39.2 Å². The number of aromatic nitrogens is 1. The quantitative estimate of drug-likeness (QED) is 0.281. The number of methoxy groups -OCH3 is 1. The smallest absolute Gasteiger partial charge is 0.322 e. The number of nitrogens with zero attached hydrogens (tertiary/aromatic N) is 2. The van der Waals surface area contributed by atoms with Gasteiger partial charge in [0.2, 0.25) is 0 Å². The van der Waals surface area contributed by atoms with Crippen LogP contribution in [0, 0.1) is 0 Å². The number of aryl methyl sites for hydroxylation is 1. The molecular weight excluding hydrogens is 484 g/mol. The molecule has 0 amide bonds. The molecule has 4 heterocycles. The molecule has 3 aliphatic rings. The number of hydrogen-bond acceptors (Lipinski definition) is 10. The van der Waals surface area contributed by atoms with Crippen LogP contribution in [0.2, 0.25) is 0 Å². The Labute approximate surface area is 232 Å². The topological polar surface area (TPSA) is 144 Å². The molecule has 3 fully saturated rings. The first-order chi connectivity index (χ1) is 18.3. The van der Waals surface area contributed by atoms with Crippen molar-refractivity contribution in [2.24, 2.45) is 18.5 Å². The number of carbonyl (C=O) groups is 1. The highest BCUT2D eigenvalue weighted by atomic mass is 16.5. The Morgan fingerprint density at radius 1 is 1.08 bits per heavy atom. The van der Waals surface area contributed by atoms with Crippen LogP contribution in [-0.2, 0) is 27.7 Å². The fourth-order valence-corrected chi connectivity index (χ4v) is 3.01. The fourth-order valence-electron chi connectivity index (χ4n) is 3.01. The van der Waals surface area contributed by atoms with Gasteiger partial charge in [-0.1, -0.05) is 6.92 Å². The molecule has 0 unspecified atom stereocenters. The maximum Gasteiger partial charge on any atom is 0.322 e. The fraction of sp³-hybridized carbons (Fsp3) is 0.815. The molecule has 0 aliphatic carbocycles. The summed E-state index contributed by atoms with van der Waals surface area (Å²) in [6, 6.07) is 3.63. The van der Waals surface area contributed by atoms with E-state index in [0.717, 1.165) is 58.9 Å². The first-order valence-corrected chi connectivity index (χ1v) is 14.0. The predicted molar refractivity (Wildman–Crippen MR) is 160 cm³/mol. The van der Waals surface area contributed by atoms with Gasteiger partial charge in [0.15, 0.2) is 0 Å². The Balaban J connectivity index is 0. The largest absolute Gasteiger partial charge is 0.468 e. The number of rotatable bonds is 4. The lowest BCUT2D eigenvalue weighted by molar-refractivity contribution is -0.141. The van der Waals surface area contributed by atoms with E-state index in [9.17, 15) is 4.79 Å². The minimum absolute atomic E-state index is 0.375.